The van der Waals surface area contributed by atoms with E-state index in [2.05, 4.69) is 32.3 Å². The van der Waals surface area contributed by atoms with Gasteiger partial charge in [0.2, 0.25) is 11.8 Å². The van der Waals surface area contributed by atoms with Crippen LogP contribution in [0.2, 0.25) is 0 Å². The lowest BCUT2D eigenvalue weighted by Crippen LogP contribution is -2.51. The molecule has 2 aromatic rings. The van der Waals surface area contributed by atoms with Gasteiger partial charge in [-0.1, -0.05) is 56.7 Å². The minimum absolute atomic E-state index is 0.122. The fraction of sp³-hybridized carbons (Fsp3) is 0.375. The number of nitrogens with one attached hydrogen (secondary N) is 1. The Bertz CT molecular complexity index is 1420. The summed E-state index contributed by atoms with van der Waals surface area (Å²) in [6.45, 7) is 16.4. The molecule has 3 atom stereocenters. The molecule has 0 radical (unpaired) electrons. The van der Waals surface area contributed by atoms with Gasteiger partial charge in [0.15, 0.2) is 0 Å². The molecule has 1 unspecified atom stereocenters. The van der Waals surface area contributed by atoms with Crippen LogP contribution in [0.25, 0.3) is 6.08 Å². The third kappa shape index (κ3) is 5.07. The number of anilines is 1. The van der Waals surface area contributed by atoms with Crippen LogP contribution in [0.15, 0.2) is 66.5 Å². The van der Waals surface area contributed by atoms with Gasteiger partial charge in [-0.3, -0.25) is 9.59 Å². The Morgan fingerprint density at radius 3 is 2.62 bits per heavy atom. The summed E-state index contributed by atoms with van der Waals surface area (Å²) in [6, 6.07) is 9.81. The van der Waals surface area contributed by atoms with Gasteiger partial charge in [-0.15, -0.1) is 0 Å². The van der Waals surface area contributed by atoms with Gasteiger partial charge in [0, 0.05) is 36.2 Å². The number of rotatable bonds is 8. The van der Waals surface area contributed by atoms with Gasteiger partial charge in [0.25, 0.3) is 0 Å². The van der Waals surface area contributed by atoms with Crippen LogP contribution in [0, 0.1) is 18.7 Å². The molecule has 8 heteroatoms. The molecular formula is C32H40BFN4O2. The summed E-state index contributed by atoms with van der Waals surface area (Å²) in [4.78, 5) is 31.3. The molecule has 0 aliphatic carbocycles. The summed E-state index contributed by atoms with van der Waals surface area (Å²) in [7, 11) is 3.80. The van der Waals surface area contributed by atoms with Gasteiger partial charge in [-0.05, 0) is 67.5 Å². The van der Waals surface area contributed by atoms with Crippen LogP contribution in [0.5, 0.6) is 0 Å². The van der Waals surface area contributed by atoms with Gasteiger partial charge in [0.05, 0.1) is 11.5 Å². The van der Waals surface area contributed by atoms with Gasteiger partial charge >= 0.3 is 0 Å². The van der Waals surface area contributed by atoms with Crippen molar-refractivity contribution in [3.63, 3.8) is 0 Å². The SMILES string of the molecule is Bc1ccc(F)c(/C=C(\C)C(=C)N(C)[C@@H](CC(C)C)C(=O)N2C[C@]3(CC2C(=C)N)C(=O)Nc2ccccc23)c1C. The number of carbonyl (C=O) groups excluding carboxylic acids is 2. The van der Waals surface area contributed by atoms with Crippen molar-refractivity contribution >= 4 is 36.9 Å². The number of hydrogen-bond donors (Lipinski definition) is 2. The maximum absolute atomic E-state index is 14.7. The standard InChI is InChI=1S/C32H40BFN4O2/c1-18(2)14-28(37(7)22(6)19(3)15-23-20(4)25(33)12-13-26(23)34)30(39)38-17-32(16-29(38)21(5)35)24-10-8-9-11-27(24)36-31(32)40/h8-13,15,18,28-29H,5-6,14,16-17,33,35H2,1-4,7H3,(H,36,40)/b19-15+/t28-,29?,32-/m0/s1. The third-order valence-corrected chi connectivity index (χ3v) is 8.62. The lowest BCUT2D eigenvalue weighted by molar-refractivity contribution is -0.137. The van der Waals surface area contributed by atoms with Crippen LogP contribution in [0.1, 0.15) is 50.3 Å². The topological polar surface area (TPSA) is 78.7 Å². The van der Waals surface area contributed by atoms with E-state index in [4.69, 9.17) is 5.73 Å². The first-order chi connectivity index (χ1) is 18.8. The Balaban J connectivity index is 1.67. The van der Waals surface area contributed by atoms with Crippen LogP contribution in [-0.4, -0.2) is 55.1 Å². The van der Waals surface area contributed by atoms with E-state index < -0.39 is 17.5 Å². The maximum Gasteiger partial charge on any atom is 0.245 e. The molecule has 0 bridgehead atoms. The normalized spacial score (nSPS) is 21.0. The fourth-order valence-electron chi connectivity index (χ4n) is 6.01. The zero-order chi connectivity index (χ0) is 29.5. The molecule has 1 spiro atoms. The van der Waals surface area contributed by atoms with Crippen molar-refractivity contribution in [1.29, 1.82) is 0 Å². The van der Waals surface area contributed by atoms with E-state index in [0.29, 0.717) is 29.8 Å². The number of nitrogens with zero attached hydrogens (tertiary/aromatic N) is 2. The number of halogens is 1. The van der Waals surface area contributed by atoms with E-state index in [1.807, 2.05) is 57.9 Å². The first-order valence-corrected chi connectivity index (χ1v) is 13.8. The number of fused-ring (bicyclic) bond motifs is 2. The quantitative estimate of drug-likeness (QED) is 0.395. The van der Waals surface area contributed by atoms with Crippen molar-refractivity contribution in [2.24, 2.45) is 11.7 Å². The number of amides is 2. The Morgan fingerprint density at radius 2 is 1.98 bits per heavy atom. The minimum atomic E-state index is -0.882. The lowest BCUT2D eigenvalue weighted by Gasteiger charge is -2.36. The molecule has 4 rings (SSSR count). The van der Waals surface area contributed by atoms with E-state index in [1.165, 1.54) is 6.07 Å². The van der Waals surface area contributed by atoms with Crippen molar-refractivity contribution in [2.45, 2.75) is 58.0 Å². The summed E-state index contributed by atoms with van der Waals surface area (Å²) in [5.41, 5.74) is 11.2. The molecule has 1 saturated heterocycles. The van der Waals surface area contributed by atoms with Crippen molar-refractivity contribution in [3.05, 3.63) is 89.0 Å². The number of likely N-dealkylation sites (N-methyl/N-ethyl adjacent to an activating group) is 1. The Labute approximate surface area is 238 Å². The van der Waals surface area contributed by atoms with E-state index in [1.54, 1.807) is 17.0 Å². The fourth-order valence-corrected chi connectivity index (χ4v) is 6.01. The van der Waals surface area contributed by atoms with E-state index in [0.717, 1.165) is 27.9 Å². The third-order valence-electron chi connectivity index (χ3n) is 8.62. The largest absolute Gasteiger partial charge is 0.401 e. The molecule has 2 heterocycles. The zero-order valence-corrected chi connectivity index (χ0v) is 24.5. The van der Waals surface area contributed by atoms with Crippen LogP contribution in [0.3, 0.4) is 0 Å². The second-order valence-corrected chi connectivity index (χ2v) is 11.8. The Kier molecular flexibility index (Phi) is 8.02. The number of para-hydroxylation sites is 1. The van der Waals surface area contributed by atoms with Crippen LogP contribution in [-0.2, 0) is 15.0 Å². The lowest BCUT2D eigenvalue weighted by atomic mass is 9.79. The number of likely N-dealkylation sites (tertiary alicyclic amines) is 1. The number of hydrogen-bond acceptors (Lipinski definition) is 4. The smallest absolute Gasteiger partial charge is 0.245 e. The number of allylic oxidation sites excluding steroid dienone is 1. The molecule has 2 amide bonds. The Hall–Kier alpha value is -3.81. The van der Waals surface area contributed by atoms with Gasteiger partial charge < -0.3 is 20.9 Å². The highest BCUT2D eigenvalue weighted by molar-refractivity contribution is 6.33. The number of benzene rings is 2. The maximum atomic E-state index is 14.7. The second kappa shape index (κ2) is 11.0. The predicted octanol–water partition coefficient (Wildman–Crippen LogP) is 3.62. The molecule has 0 saturated carbocycles. The molecule has 1 fully saturated rings. The molecule has 0 aromatic heterocycles. The molecule has 2 aromatic carbocycles. The zero-order valence-electron chi connectivity index (χ0n) is 24.5. The molecule has 3 N–H and O–H groups in total. The first-order valence-electron chi connectivity index (χ1n) is 13.8. The summed E-state index contributed by atoms with van der Waals surface area (Å²) < 4.78 is 14.7. The second-order valence-electron chi connectivity index (χ2n) is 11.8. The number of carbonyl (C=O) groups is 2. The van der Waals surface area contributed by atoms with Crippen LogP contribution >= 0.6 is 0 Å². The van der Waals surface area contributed by atoms with Crippen molar-refractivity contribution < 1.29 is 14.0 Å². The van der Waals surface area contributed by atoms with Crippen molar-refractivity contribution in [1.82, 2.24) is 9.80 Å². The van der Waals surface area contributed by atoms with E-state index in [9.17, 15) is 14.0 Å². The molecule has 6 nitrogen and oxygen atoms in total. The average molecular weight is 543 g/mol. The van der Waals surface area contributed by atoms with Gasteiger partial charge in [-0.25, -0.2) is 4.39 Å². The summed E-state index contributed by atoms with van der Waals surface area (Å²) in [5, 5.41) is 2.99. The predicted molar refractivity (Wildman–Crippen MR) is 163 cm³/mol. The Morgan fingerprint density at radius 1 is 1.30 bits per heavy atom. The van der Waals surface area contributed by atoms with E-state index >= 15 is 0 Å². The molecule has 2 aliphatic heterocycles. The van der Waals surface area contributed by atoms with Crippen molar-refractivity contribution in [2.75, 3.05) is 18.9 Å². The minimum Gasteiger partial charge on any atom is -0.401 e. The summed E-state index contributed by atoms with van der Waals surface area (Å²) in [5.74, 6) is -0.345. The van der Waals surface area contributed by atoms with Gasteiger partial charge in [0.1, 0.15) is 19.7 Å². The van der Waals surface area contributed by atoms with Crippen LogP contribution < -0.4 is 16.5 Å². The first kappa shape index (κ1) is 29.2. The highest BCUT2D eigenvalue weighted by atomic mass is 19.1. The van der Waals surface area contributed by atoms with E-state index in [-0.39, 0.29) is 30.1 Å². The number of nitrogens with two attached hydrogens (primary N) is 1. The summed E-state index contributed by atoms with van der Waals surface area (Å²) in [6.07, 6.45) is 2.74. The average Bonchev–Trinajstić information content (AvgIpc) is 3.45. The van der Waals surface area contributed by atoms with Gasteiger partial charge in [-0.2, -0.15) is 0 Å². The molecule has 2 aliphatic rings. The summed E-state index contributed by atoms with van der Waals surface area (Å²) >= 11 is 0. The van der Waals surface area contributed by atoms with Crippen molar-refractivity contribution in [3.8, 4) is 0 Å². The van der Waals surface area contributed by atoms with Crippen LogP contribution in [0.4, 0.5) is 10.1 Å². The monoisotopic (exact) mass is 542 g/mol. The molecule has 210 valence electrons. The highest BCUT2D eigenvalue weighted by Gasteiger charge is 2.56. The molecule has 40 heavy (non-hydrogen) atoms. The highest BCUT2D eigenvalue weighted by Crippen LogP contribution is 2.47. The molecular weight excluding hydrogens is 502 g/mol.